The first-order valence-electron chi connectivity index (χ1n) is 13.5. The normalized spacial score (nSPS) is 15.9. The first-order valence-corrected chi connectivity index (χ1v) is 15.2. The number of hydrogen-bond donors (Lipinski definition) is 0. The van der Waals surface area contributed by atoms with Crippen LogP contribution in [0.15, 0.2) is 65.4 Å². The van der Waals surface area contributed by atoms with Crippen LogP contribution in [0.3, 0.4) is 0 Å². The fraction of sp³-hybridized carbons (Fsp3) is 0.433. The summed E-state index contributed by atoms with van der Waals surface area (Å²) in [4.78, 5) is 48.6. The van der Waals surface area contributed by atoms with Gasteiger partial charge in [-0.2, -0.15) is 0 Å². The topological polar surface area (TPSA) is 60.9 Å². The number of benzene rings is 1. The van der Waals surface area contributed by atoms with Crippen LogP contribution in [0.1, 0.15) is 48.4 Å². The van der Waals surface area contributed by atoms with Gasteiger partial charge in [-0.25, -0.2) is 0 Å². The van der Waals surface area contributed by atoms with E-state index < -0.39 is 6.04 Å². The first kappa shape index (κ1) is 28.0. The monoisotopic (exact) mass is 551 g/mol. The van der Waals surface area contributed by atoms with Crippen molar-refractivity contribution in [3.63, 3.8) is 0 Å². The van der Waals surface area contributed by atoms with Crippen LogP contribution >= 0.6 is 22.7 Å². The van der Waals surface area contributed by atoms with E-state index >= 15 is 0 Å². The second kappa shape index (κ2) is 13.7. The number of thiophene rings is 2. The van der Waals surface area contributed by atoms with Crippen LogP contribution in [0, 0.1) is 0 Å². The molecule has 0 N–H and O–H groups in total. The maximum absolute atomic E-state index is 13.9. The number of amides is 3. The molecular formula is C30H37N3O3S2. The Hall–Kier alpha value is -2.97. The molecule has 1 aliphatic rings. The molecule has 1 atom stereocenters. The lowest BCUT2D eigenvalue weighted by atomic mass is 10.0. The fourth-order valence-electron chi connectivity index (χ4n) is 5.12. The summed E-state index contributed by atoms with van der Waals surface area (Å²) >= 11 is 3.30. The smallest absolute Gasteiger partial charge is 0.246 e. The van der Waals surface area contributed by atoms with Gasteiger partial charge in [-0.05, 0) is 54.1 Å². The molecule has 0 saturated carbocycles. The first-order chi connectivity index (χ1) is 18.5. The van der Waals surface area contributed by atoms with Crippen molar-refractivity contribution in [3.8, 4) is 0 Å². The average molecular weight is 552 g/mol. The molecule has 202 valence electrons. The van der Waals surface area contributed by atoms with Gasteiger partial charge in [-0.3, -0.25) is 14.4 Å². The van der Waals surface area contributed by atoms with Crippen molar-refractivity contribution >= 4 is 40.4 Å². The van der Waals surface area contributed by atoms with Gasteiger partial charge in [0.2, 0.25) is 17.7 Å². The van der Waals surface area contributed by atoms with Crippen molar-refractivity contribution in [1.82, 2.24) is 14.7 Å². The van der Waals surface area contributed by atoms with Crippen LogP contribution in [-0.4, -0.2) is 64.1 Å². The van der Waals surface area contributed by atoms with Gasteiger partial charge in [-0.15, -0.1) is 22.7 Å². The second-order valence-electron chi connectivity index (χ2n) is 9.70. The highest BCUT2D eigenvalue weighted by molar-refractivity contribution is 7.10. The molecular weight excluding hydrogens is 514 g/mol. The summed E-state index contributed by atoms with van der Waals surface area (Å²) in [5.41, 5.74) is 1.06. The van der Waals surface area contributed by atoms with Crippen LogP contribution in [0.5, 0.6) is 0 Å². The van der Waals surface area contributed by atoms with Gasteiger partial charge >= 0.3 is 0 Å². The summed E-state index contributed by atoms with van der Waals surface area (Å²) in [6, 6.07) is 17.4. The van der Waals surface area contributed by atoms with E-state index in [2.05, 4.69) is 13.8 Å². The van der Waals surface area contributed by atoms with Crippen molar-refractivity contribution in [2.24, 2.45) is 0 Å². The summed E-state index contributed by atoms with van der Waals surface area (Å²) < 4.78 is 0. The number of carbonyl (C=O) groups excluding carboxylic acids is 3. The van der Waals surface area contributed by atoms with Gasteiger partial charge in [0.05, 0.1) is 13.0 Å². The molecule has 1 aromatic carbocycles. The van der Waals surface area contributed by atoms with E-state index in [1.165, 1.54) is 4.88 Å². The lowest BCUT2D eigenvalue weighted by Crippen LogP contribution is -2.61. The molecule has 4 rings (SSSR count). The predicted molar refractivity (Wildman–Crippen MR) is 154 cm³/mol. The number of nitrogens with zero attached hydrogens (tertiary/aromatic N) is 3. The van der Waals surface area contributed by atoms with Gasteiger partial charge in [-0.1, -0.05) is 56.3 Å². The maximum Gasteiger partial charge on any atom is 0.246 e. The largest absolute Gasteiger partial charge is 0.335 e. The zero-order valence-corrected chi connectivity index (χ0v) is 23.9. The molecule has 3 amide bonds. The Labute approximate surface area is 233 Å². The standard InChI is InChI=1S/C30H37N3O3S2/c1-3-24(4-2)33(21-23-10-6-5-7-11-23)28(34)20-27-30(36)31(16-14-25-12-8-18-37-25)22-29(35)32(27)17-15-26-13-9-19-38-26/h5-13,18-19,24,27H,3-4,14-17,20-22H2,1-2H3. The summed E-state index contributed by atoms with van der Waals surface area (Å²) in [6.45, 7) is 5.67. The Morgan fingerprint density at radius 3 is 2.13 bits per heavy atom. The quantitative estimate of drug-likeness (QED) is 0.292. The minimum atomic E-state index is -0.778. The molecule has 0 spiro atoms. The van der Waals surface area contributed by atoms with Gasteiger partial charge in [0.1, 0.15) is 6.04 Å². The van der Waals surface area contributed by atoms with Crippen LogP contribution in [-0.2, 0) is 33.8 Å². The molecule has 1 fully saturated rings. The molecule has 6 nitrogen and oxygen atoms in total. The minimum absolute atomic E-state index is 0.00779. The summed E-state index contributed by atoms with van der Waals surface area (Å²) in [5.74, 6) is -0.276. The molecule has 2 aromatic heterocycles. The molecule has 1 saturated heterocycles. The zero-order chi connectivity index (χ0) is 26.9. The highest BCUT2D eigenvalue weighted by Crippen LogP contribution is 2.23. The molecule has 0 radical (unpaired) electrons. The average Bonchev–Trinajstić information content (AvgIpc) is 3.65. The summed E-state index contributed by atoms with van der Waals surface area (Å²) in [7, 11) is 0. The van der Waals surface area contributed by atoms with E-state index in [4.69, 9.17) is 0 Å². The zero-order valence-electron chi connectivity index (χ0n) is 22.3. The third-order valence-electron chi connectivity index (χ3n) is 7.27. The van der Waals surface area contributed by atoms with E-state index in [9.17, 15) is 14.4 Å². The lowest BCUT2D eigenvalue weighted by Gasteiger charge is -2.41. The van der Waals surface area contributed by atoms with E-state index in [0.29, 0.717) is 32.5 Å². The summed E-state index contributed by atoms with van der Waals surface area (Å²) in [6.07, 6.45) is 3.06. The third-order valence-corrected chi connectivity index (χ3v) is 9.15. The Balaban J connectivity index is 1.54. The molecule has 3 aromatic rings. The lowest BCUT2D eigenvalue weighted by molar-refractivity contribution is -0.158. The molecule has 0 bridgehead atoms. The SMILES string of the molecule is CCC(CC)N(Cc1ccccc1)C(=O)CC1C(=O)N(CCc2cccs2)CC(=O)N1CCc1cccs1. The van der Waals surface area contributed by atoms with Crippen molar-refractivity contribution in [2.75, 3.05) is 19.6 Å². The van der Waals surface area contributed by atoms with Crippen LogP contribution < -0.4 is 0 Å². The Morgan fingerprint density at radius 2 is 1.55 bits per heavy atom. The molecule has 8 heteroatoms. The third kappa shape index (κ3) is 7.11. The summed E-state index contributed by atoms with van der Waals surface area (Å²) in [5, 5.41) is 4.04. The maximum atomic E-state index is 13.9. The second-order valence-corrected chi connectivity index (χ2v) is 11.8. The Morgan fingerprint density at radius 1 is 0.921 bits per heavy atom. The van der Waals surface area contributed by atoms with E-state index in [1.807, 2.05) is 70.3 Å². The highest BCUT2D eigenvalue weighted by atomic mass is 32.1. The van der Waals surface area contributed by atoms with Crippen molar-refractivity contribution in [1.29, 1.82) is 0 Å². The molecule has 1 unspecified atom stereocenters. The Bertz CT molecular complexity index is 1160. The van der Waals surface area contributed by atoms with Crippen molar-refractivity contribution in [2.45, 2.75) is 64.6 Å². The van der Waals surface area contributed by atoms with Crippen LogP contribution in [0.2, 0.25) is 0 Å². The number of piperazine rings is 1. The van der Waals surface area contributed by atoms with Crippen LogP contribution in [0.4, 0.5) is 0 Å². The van der Waals surface area contributed by atoms with Crippen molar-refractivity contribution < 1.29 is 14.4 Å². The fourth-order valence-corrected chi connectivity index (χ4v) is 6.51. The van der Waals surface area contributed by atoms with Crippen LogP contribution in [0.25, 0.3) is 0 Å². The Kier molecular flexibility index (Phi) is 10.1. The molecule has 3 heterocycles. The van der Waals surface area contributed by atoms with Gasteiger partial charge < -0.3 is 14.7 Å². The van der Waals surface area contributed by atoms with E-state index in [1.54, 1.807) is 32.5 Å². The molecule has 38 heavy (non-hydrogen) atoms. The molecule has 1 aliphatic heterocycles. The molecule has 0 aliphatic carbocycles. The van der Waals surface area contributed by atoms with Crippen molar-refractivity contribution in [3.05, 3.63) is 80.7 Å². The van der Waals surface area contributed by atoms with Gasteiger partial charge in [0, 0.05) is 35.4 Å². The van der Waals surface area contributed by atoms with E-state index in [-0.39, 0.29) is 36.7 Å². The minimum Gasteiger partial charge on any atom is -0.335 e. The number of rotatable bonds is 13. The van der Waals surface area contributed by atoms with E-state index in [0.717, 1.165) is 23.3 Å². The number of hydrogen-bond acceptors (Lipinski definition) is 5. The highest BCUT2D eigenvalue weighted by Gasteiger charge is 2.41. The predicted octanol–water partition coefficient (Wildman–Crippen LogP) is 5.24. The van der Waals surface area contributed by atoms with Gasteiger partial charge in [0.15, 0.2) is 0 Å². The van der Waals surface area contributed by atoms with Gasteiger partial charge in [0.25, 0.3) is 0 Å². The number of carbonyl (C=O) groups is 3.